The Morgan fingerprint density at radius 1 is 1.50 bits per heavy atom. The monoisotopic (exact) mass is 254 g/mol. The molecule has 0 aliphatic carbocycles. The standard InChI is InChI=1S/C10H14N4O4/c1-6(10(17)18)9(16)13-7-3-12-14(4-7)5-8(15)11-2/h3-4,6H,5H2,1-2H3,(H,11,15)(H,13,16)(H,17,18). The molecule has 0 radical (unpaired) electrons. The van der Waals surface area contributed by atoms with Crippen LogP contribution in [0.3, 0.4) is 0 Å². The highest BCUT2D eigenvalue weighted by atomic mass is 16.4. The molecule has 18 heavy (non-hydrogen) atoms. The van der Waals surface area contributed by atoms with Gasteiger partial charge in [-0.2, -0.15) is 5.10 Å². The number of carboxylic acids is 1. The van der Waals surface area contributed by atoms with Gasteiger partial charge in [0.1, 0.15) is 12.5 Å². The van der Waals surface area contributed by atoms with Crippen molar-refractivity contribution in [2.24, 2.45) is 5.92 Å². The van der Waals surface area contributed by atoms with E-state index in [-0.39, 0.29) is 12.5 Å². The van der Waals surface area contributed by atoms with E-state index in [9.17, 15) is 14.4 Å². The van der Waals surface area contributed by atoms with Gasteiger partial charge in [-0.05, 0) is 6.92 Å². The number of hydrogen-bond acceptors (Lipinski definition) is 4. The molecule has 1 atom stereocenters. The summed E-state index contributed by atoms with van der Waals surface area (Å²) in [6.07, 6.45) is 2.79. The summed E-state index contributed by atoms with van der Waals surface area (Å²) in [6.45, 7) is 1.31. The van der Waals surface area contributed by atoms with E-state index in [1.165, 1.54) is 31.0 Å². The van der Waals surface area contributed by atoms with Crippen molar-refractivity contribution < 1.29 is 19.5 Å². The van der Waals surface area contributed by atoms with Crippen molar-refractivity contribution in [2.75, 3.05) is 12.4 Å². The summed E-state index contributed by atoms with van der Waals surface area (Å²) < 4.78 is 1.33. The van der Waals surface area contributed by atoms with Crippen molar-refractivity contribution in [1.82, 2.24) is 15.1 Å². The average molecular weight is 254 g/mol. The van der Waals surface area contributed by atoms with Crippen LogP contribution in [-0.4, -0.2) is 39.7 Å². The van der Waals surface area contributed by atoms with E-state index in [0.29, 0.717) is 5.69 Å². The van der Waals surface area contributed by atoms with Gasteiger partial charge in [-0.3, -0.25) is 19.1 Å². The van der Waals surface area contributed by atoms with Gasteiger partial charge >= 0.3 is 5.97 Å². The molecule has 0 aliphatic rings. The Kier molecular flexibility index (Phi) is 4.41. The molecule has 1 unspecified atom stereocenters. The predicted molar refractivity (Wildman–Crippen MR) is 61.7 cm³/mol. The van der Waals surface area contributed by atoms with Crippen LogP contribution < -0.4 is 10.6 Å². The van der Waals surface area contributed by atoms with Crippen LogP contribution in [0.4, 0.5) is 5.69 Å². The van der Waals surface area contributed by atoms with E-state index >= 15 is 0 Å². The zero-order chi connectivity index (χ0) is 13.7. The quantitative estimate of drug-likeness (QED) is 0.600. The summed E-state index contributed by atoms with van der Waals surface area (Å²) in [5, 5.41) is 17.3. The van der Waals surface area contributed by atoms with Crippen LogP contribution in [0.25, 0.3) is 0 Å². The van der Waals surface area contributed by atoms with E-state index in [0.717, 1.165) is 0 Å². The molecule has 98 valence electrons. The predicted octanol–water partition coefficient (Wildman–Crippen LogP) is -0.712. The molecule has 2 amide bonds. The lowest BCUT2D eigenvalue weighted by Crippen LogP contribution is -2.26. The van der Waals surface area contributed by atoms with Crippen molar-refractivity contribution in [3.63, 3.8) is 0 Å². The van der Waals surface area contributed by atoms with Gasteiger partial charge in [0.05, 0.1) is 11.9 Å². The van der Waals surface area contributed by atoms with Crippen LogP contribution in [0.2, 0.25) is 0 Å². The molecule has 0 saturated carbocycles. The van der Waals surface area contributed by atoms with E-state index in [4.69, 9.17) is 5.11 Å². The summed E-state index contributed by atoms with van der Waals surface area (Å²) >= 11 is 0. The van der Waals surface area contributed by atoms with Crippen molar-refractivity contribution in [1.29, 1.82) is 0 Å². The van der Waals surface area contributed by atoms with Crippen molar-refractivity contribution in [3.05, 3.63) is 12.4 Å². The second kappa shape index (κ2) is 5.80. The maximum Gasteiger partial charge on any atom is 0.315 e. The normalized spacial score (nSPS) is 11.7. The van der Waals surface area contributed by atoms with Crippen LogP contribution in [0, 0.1) is 5.92 Å². The number of aromatic nitrogens is 2. The average Bonchev–Trinajstić information content (AvgIpc) is 2.74. The molecule has 1 aromatic heterocycles. The minimum atomic E-state index is -1.20. The molecular formula is C10H14N4O4. The number of amides is 2. The fraction of sp³-hybridized carbons (Fsp3) is 0.400. The van der Waals surface area contributed by atoms with Gasteiger partial charge in [-0.15, -0.1) is 0 Å². The first kappa shape index (κ1) is 13.7. The lowest BCUT2D eigenvalue weighted by Gasteiger charge is -2.05. The highest BCUT2D eigenvalue weighted by Gasteiger charge is 2.20. The highest BCUT2D eigenvalue weighted by molar-refractivity contribution is 6.03. The van der Waals surface area contributed by atoms with Crippen LogP contribution in [-0.2, 0) is 20.9 Å². The Morgan fingerprint density at radius 2 is 2.17 bits per heavy atom. The fourth-order valence-corrected chi connectivity index (χ4v) is 1.10. The second-order valence-electron chi connectivity index (χ2n) is 3.65. The number of carboxylic acid groups (broad SMARTS) is 1. The minimum absolute atomic E-state index is 0.0286. The smallest absolute Gasteiger partial charge is 0.315 e. The lowest BCUT2D eigenvalue weighted by atomic mass is 10.2. The number of aliphatic carboxylic acids is 1. The largest absolute Gasteiger partial charge is 0.481 e. The van der Waals surface area contributed by atoms with E-state index in [1.54, 1.807) is 0 Å². The summed E-state index contributed by atoms with van der Waals surface area (Å²) in [7, 11) is 1.50. The molecule has 0 fully saturated rings. The topological polar surface area (TPSA) is 113 Å². The number of carbonyl (C=O) groups is 3. The molecule has 8 heteroatoms. The van der Waals surface area contributed by atoms with E-state index < -0.39 is 17.8 Å². The Labute approximate surface area is 103 Å². The molecule has 8 nitrogen and oxygen atoms in total. The molecule has 3 N–H and O–H groups in total. The molecule has 1 aromatic rings. The summed E-state index contributed by atoms with van der Waals surface area (Å²) in [5.41, 5.74) is 0.344. The molecule has 0 spiro atoms. The van der Waals surface area contributed by atoms with Gasteiger partial charge in [0.15, 0.2) is 0 Å². The highest BCUT2D eigenvalue weighted by Crippen LogP contribution is 2.07. The minimum Gasteiger partial charge on any atom is -0.481 e. The number of rotatable bonds is 5. The number of likely N-dealkylation sites (N-methyl/N-ethyl adjacent to an activating group) is 1. The second-order valence-corrected chi connectivity index (χ2v) is 3.65. The molecule has 1 rings (SSSR count). The van der Waals surface area contributed by atoms with E-state index in [1.807, 2.05) is 0 Å². The van der Waals surface area contributed by atoms with Crippen LogP contribution in [0.5, 0.6) is 0 Å². The van der Waals surface area contributed by atoms with Gasteiger partial charge in [0.25, 0.3) is 0 Å². The molecular weight excluding hydrogens is 240 g/mol. The molecule has 0 saturated heterocycles. The Morgan fingerprint density at radius 3 is 2.72 bits per heavy atom. The Bertz CT molecular complexity index is 468. The lowest BCUT2D eigenvalue weighted by molar-refractivity contribution is -0.144. The number of hydrogen-bond donors (Lipinski definition) is 3. The Hall–Kier alpha value is -2.38. The third-order valence-electron chi connectivity index (χ3n) is 2.25. The number of anilines is 1. The van der Waals surface area contributed by atoms with Gasteiger partial charge in [-0.25, -0.2) is 0 Å². The van der Waals surface area contributed by atoms with Gasteiger partial charge < -0.3 is 15.7 Å². The maximum atomic E-state index is 11.4. The number of carbonyl (C=O) groups excluding carboxylic acids is 2. The molecule has 1 heterocycles. The first-order valence-electron chi connectivity index (χ1n) is 5.20. The van der Waals surface area contributed by atoms with Crippen molar-refractivity contribution in [2.45, 2.75) is 13.5 Å². The first-order valence-corrected chi connectivity index (χ1v) is 5.20. The van der Waals surface area contributed by atoms with Gasteiger partial charge in [0, 0.05) is 13.2 Å². The van der Waals surface area contributed by atoms with Gasteiger partial charge in [0.2, 0.25) is 11.8 Å². The SMILES string of the molecule is CNC(=O)Cn1cc(NC(=O)C(C)C(=O)O)cn1. The van der Waals surface area contributed by atoms with Crippen molar-refractivity contribution in [3.8, 4) is 0 Å². The fourth-order valence-electron chi connectivity index (χ4n) is 1.10. The Balaban J connectivity index is 2.61. The van der Waals surface area contributed by atoms with Crippen LogP contribution in [0.15, 0.2) is 12.4 Å². The maximum absolute atomic E-state index is 11.4. The first-order chi connectivity index (χ1) is 8.43. The van der Waals surface area contributed by atoms with Crippen LogP contribution >= 0.6 is 0 Å². The van der Waals surface area contributed by atoms with Crippen LogP contribution in [0.1, 0.15) is 6.92 Å². The van der Waals surface area contributed by atoms with Gasteiger partial charge in [-0.1, -0.05) is 0 Å². The molecule has 0 aliphatic heterocycles. The third-order valence-corrected chi connectivity index (χ3v) is 2.25. The zero-order valence-corrected chi connectivity index (χ0v) is 10.0. The molecule has 0 bridgehead atoms. The summed E-state index contributed by atoms with van der Waals surface area (Å²) in [5.74, 6) is -3.21. The van der Waals surface area contributed by atoms with E-state index in [2.05, 4.69) is 15.7 Å². The molecule has 0 aromatic carbocycles. The summed E-state index contributed by atoms with van der Waals surface area (Å²) in [6, 6.07) is 0. The zero-order valence-electron chi connectivity index (χ0n) is 10.0. The number of nitrogens with zero attached hydrogens (tertiary/aromatic N) is 2. The van der Waals surface area contributed by atoms with Crippen molar-refractivity contribution >= 4 is 23.5 Å². The summed E-state index contributed by atoms with van der Waals surface area (Å²) in [4.78, 5) is 33.1. The third kappa shape index (κ3) is 3.58. The number of nitrogens with one attached hydrogen (secondary N) is 2.